The molecule has 1 saturated heterocycles. The van der Waals surface area contributed by atoms with Crippen molar-refractivity contribution in [2.45, 2.75) is 58.3 Å². The second-order valence-electron chi connectivity index (χ2n) is 5.79. The zero-order chi connectivity index (χ0) is 10.5. The standard InChI is InChI=1S/C14H27N/c1-12(14-8-10-15-11-9-14)6-7-13-4-2-3-5-13/h12-15H,2-11H2,1H3. The first-order valence-electron chi connectivity index (χ1n) is 7.07. The molecule has 2 fully saturated rings. The summed E-state index contributed by atoms with van der Waals surface area (Å²) in [4.78, 5) is 0. The molecular formula is C14H27N. The highest BCUT2D eigenvalue weighted by Crippen LogP contribution is 2.32. The van der Waals surface area contributed by atoms with Crippen molar-refractivity contribution < 1.29 is 0 Å². The predicted molar refractivity (Wildman–Crippen MR) is 65.9 cm³/mol. The van der Waals surface area contributed by atoms with Gasteiger partial charge in [0.1, 0.15) is 0 Å². The molecule has 1 saturated carbocycles. The largest absolute Gasteiger partial charge is 0.317 e. The lowest BCUT2D eigenvalue weighted by atomic mass is 9.82. The van der Waals surface area contributed by atoms with Crippen LogP contribution < -0.4 is 5.32 Å². The normalized spacial score (nSPS) is 27.0. The van der Waals surface area contributed by atoms with E-state index in [1.807, 2.05) is 0 Å². The van der Waals surface area contributed by atoms with Gasteiger partial charge >= 0.3 is 0 Å². The van der Waals surface area contributed by atoms with Crippen LogP contribution in [0, 0.1) is 17.8 Å². The number of piperidine rings is 1. The van der Waals surface area contributed by atoms with Gasteiger partial charge in [-0.05, 0) is 43.7 Å². The van der Waals surface area contributed by atoms with Gasteiger partial charge in [0.05, 0.1) is 0 Å². The van der Waals surface area contributed by atoms with Crippen molar-refractivity contribution in [3.8, 4) is 0 Å². The third-order valence-electron chi connectivity index (χ3n) is 4.69. The molecule has 0 spiro atoms. The van der Waals surface area contributed by atoms with Crippen LogP contribution in [-0.4, -0.2) is 13.1 Å². The molecule has 2 aliphatic rings. The van der Waals surface area contributed by atoms with Gasteiger partial charge in [0.15, 0.2) is 0 Å². The van der Waals surface area contributed by atoms with Crippen LogP contribution in [-0.2, 0) is 0 Å². The maximum absolute atomic E-state index is 3.47. The molecule has 0 amide bonds. The van der Waals surface area contributed by atoms with Crippen LogP contribution in [0.1, 0.15) is 58.3 Å². The van der Waals surface area contributed by atoms with Crippen LogP contribution >= 0.6 is 0 Å². The van der Waals surface area contributed by atoms with Gasteiger partial charge in [0.25, 0.3) is 0 Å². The smallest absolute Gasteiger partial charge is 0.00462 e. The first kappa shape index (κ1) is 11.4. The molecule has 1 unspecified atom stereocenters. The first-order valence-corrected chi connectivity index (χ1v) is 7.07. The SMILES string of the molecule is CC(CCC1CCCC1)C1CCNCC1. The summed E-state index contributed by atoms with van der Waals surface area (Å²) in [5, 5.41) is 3.47. The van der Waals surface area contributed by atoms with Crippen LogP contribution in [0.3, 0.4) is 0 Å². The summed E-state index contributed by atoms with van der Waals surface area (Å²) in [5.41, 5.74) is 0. The van der Waals surface area contributed by atoms with Crippen LogP contribution in [0.5, 0.6) is 0 Å². The maximum atomic E-state index is 3.47. The Kier molecular flexibility index (Phi) is 4.49. The summed E-state index contributed by atoms with van der Waals surface area (Å²) in [6.07, 6.45) is 11.9. The monoisotopic (exact) mass is 209 g/mol. The van der Waals surface area contributed by atoms with Crippen LogP contribution in [0.15, 0.2) is 0 Å². The van der Waals surface area contributed by atoms with Gasteiger partial charge in [-0.3, -0.25) is 0 Å². The predicted octanol–water partition coefficient (Wildman–Crippen LogP) is 3.59. The van der Waals surface area contributed by atoms with Crippen molar-refractivity contribution in [3.05, 3.63) is 0 Å². The van der Waals surface area contributed by atoms with Gasteiger partial charge in [-0.2, -0.15) is 0 Å². The Hall–Kier alpha value is -0.0400. The van der Waals surface area contributed by atoms with E-state index in [0.717, 1.165) is 17.8 Å². The van der Waals surface area contributed by atoms with Crippen molar-refractivity contribution >= 4 is 0 Å². The van der Waals surface area contributed by atoms with Gasteiger partial charge < -0.3 is 5.32 Å². The molecule has 1 aliphatic carbocycles. The third-order valence-corrected chi connectivity index (χ3v) is 4.69. The molecule has 1 heterocycles. The fraction of sp³-hybridized carbons (Fsp3) is 1.00. The lowest BCUT2D eigenvalue weighted by Crippen LogP contribution is -2.30. The molecular weight excluding hydrogens is 182 g/mol. The highest BCUT2D eigenvalue weighted by molar-refractivity contribution is 4.75. The van der Waals surface area contributed by atoms with Crippen molar-refractivity contribution in [3.63, 3.8) is 0 Å². The van der Waals surface area contributed by atoms with E-state index in [0.29, 0.717) is 0 Å². The molecule has 1 aliphatic heterocycles. The molecule has 0 bridgehead atoms. The minimum Gasteiger partial charge on any atom is -0.317 e. The van der Waals surface area contributed by atoms with Gasteiger partial charge in [-0.1, -0.05) is 45.4 Å². The fourth-order valence-corrected chi connectivity index (χ4v) is 3.45. The lowest BCUT2D eigenvalue weighted by Gasteiger charge is -2.28. The summed E-state index contributed by atoms with van der Waals surface area (Å²) in [6, 6.07) is 0. The highest BCUT2D eigenvalue weighted by Gasteiger charge is 2.21. The number of hydrogen-bond donors (Lipinski definition) is 1. The van der Waals surface area contributed by atoms with Crippen molar-refractivity contribution in [2.24, 2.45) is 17.8 Å². The molecule has 0 aromatic heterocycles. The molecule has 88 valence electrons. The Morgan fingerprint density at radius 3 is 2.40 bits per heavy atom. The Labute approximate surface area is 95.0 Å². The molecule has 1 heteroatoms. The van der Waals surface area contributed by atoms with E-state index in [1.165, 1.54) is 64.5 Å². The summed E-state index contributed by atoms with van der Waals surface area (Å²) in [5.74, 6) is 3.09. The van der Waals surface area contributed by atoms with Crippen LogP contribution in [0.4, 0.5) is 0 Å². The van der Waals surface area contributed by atoms with E-state index in [2.05, 4.69) is 12.2 Å². The highest BCUT2D eigenvalue weighted by atomic mass is 14.9. The fourth-order valence-electron chi connectivity index (χ4n) is 3.45. The lowest BCUT2D eigenvalue weighted by molar-refractivity contribution is 0.248. The van der Waals surface area contributed by atoms with Crippen molar-refractivity contribution in [1.82, 2.24) is 5.32 Å². The molecule has 1 nitrogen and oxygen atoms in total. The first-order chi connectivity index (χ1) is 7.36. The van der Waals surface area contributed by atoms with E-state index in [1.54, 1.807) is 0 Å². The van der Waals surface area contributed by atoms with Gasteiger partial charge in [0, 0.05) is 0 Å². The minimum absolute atomic E-state index is 0.979. The topological polar surface area (TPSA) is 12.0 Å². The molecule has 0 aromatic rings. The zero-order valence-electron chi connectivity index (χ0n) is 10.3. The summed E-state index contributed by atoms with van der Waals surface area (Å²) >= 11 is 0. The second kappa shape index (κ2) is 5.89. The van der Waals surface area contributed by atoms with Crippen LogP contribution in [0.2, 0.25) is 0 Å². The third kappa shape index (κ3) is 3.48. The van der Waals surface area contributed by atoms with E-state index in [4.69, 9.17) is 0 Å². The molecule has 0 aromatic carbocycles. The van der Waals surface area contributed by atoms with E-state index in [9.17, 15) is 0 Å². The quantitative estimate of drug-likeness (QED) is 0.746. The average Bonchev–Trinajstić information content (AvgIpc) is 2.80. The average molecular weight is 209 g/mol. The Morgan fingerprint density at radius 1 is 1.07 bits per heavy atom. The molecule has 2 rings (SSSR count). The van der Waals surface area contributed by atoms with E-state index >= 15 is 0 Å². The summed E-state index contributed by atoms with van der Waals surface area (Å²) in [7, 11) is 0. The number of rotatable bonds is 4. The van der Waals surface area contributed by atoms with E-state index < -0.39 is 0 Å². The number of nitrogens with one attached hydrogen (secondary N) is 1. The van der Waals surface area contributed by atoms with Gasteiger partial charge in [-0.25, -0.2) is 0 Å². The Morgan fingerprint density at radius 2 is 1.73 bits per heavy atom. The maximum Gasteiger partial charge on any atom is -0.00462 e. The molecule has 0 radical (unpaired) electrons. The minimum atomic E-state index is 0.979. The van der Waals surface area contributed by atoms with Gasteiger partial charge in [0.2, 0.25) is 0 Å². The molecule has 15 heavy (non-hydrogen) atoms. The van der Waals surface area contributed by atoms with Crippen molar-refractivity contribution in [1.29, 1.82) is 0 Å². The Bertz CT molecular complexity index is 166. The Balaban J connectivity index is 1.64. The second-order valence-corrected chi connectivity index (χ2v) is 5.79. The van der Waals surface area contributed by atoms with E-state index in [-0.39, 0.29) is 0 Å². The van der Waals surface area contributed by atoms with Gasteiger partial charge in [-0.15, -0.1) is 0 Å². The molecule has 1 atom stereocenters. The summed E-state index contributed by atoms with van der Waals surface area (Å²) < 4.78 is 0. The zero-order valence-corrected chi connectivity index (χ0v) is 10.3. The molecule has 1 N–H and O–H groups in total. The number of hydrogen-bond acceptors (Lipinski definition) is 1. The van der Waals surface area contributed by atoms with Crippen LogP contribution in [0.25, 0.3) is 0 Å². The summed E-state index contributed by atoms with van der Waals surface area (Å²) in [6.45, 7) is 5.02. The van der Waals surface area contributed by atoms with Crippen molar-refractivity contribution in [2.75, 3.05) is 13.1 Å².